The fourth-order valence-electron chi connectivity index (χ4n) is 3.72. The molecule has 3 aromatic rings. The zero-order valence-corrected chi connectivity index (χ0v) is 19.1. The van der Waals surface area contributed by atoms with Crippen molar-refractivity contribution in [2.24, 2.45) is 0 Å². The molecule has 0 saturated heterocycles. The van der Waals surface area contributed by atoms with Gasteiger partial charge in [-0.3, -0.25) is 4.79 Å². The van der Waals surface area contributed by atoms with E-state index in [0.717, 1.165) is 42.4 Å². The average Bonchev–Trinajstić information content (AvgIpc) is 2.76. The largest absolute Gasteiger partial charge is 0.484 e. The molecule has 8 heteroatoms. The summed E-state index contributed by atoms with van der Waals surface area (Å²) in [7, 11) is 0. The van der Waals surface area contributed by atoms with Crippen molar-refractivity contribution in [1.29, 1.82) is 0 Å². The first-order chi connectivity index (χ1) is 14.6. The maximum Gasteiger partial charge on any atom is 0.258 e. The van der Waals surface area contributed by atoms with Gasteiger partial charge in [0, 0.05) is 23.5 Å². The van der Waals surface area contributed by atoms with Crippen molar-refractivity contribution in [3.63, 3.8) is 0 Å². The SMILES string of the molecule is Cl.O=C(COc1ccc(Cl)c(Cl)c1)N[C@H]1CC[C@@H](Nc2ccc3ccccc3n2)CC1. The van der Waals surface area contributed by atoms with Gasteiger partial charge in [0.2, 0.25) is 0 Å². The minimum atomic E-state index is -0.131. The summed E-state index contributed by atoms with van der Waals surface area (Å²) in [6.07, 6.45) is 3.80. The van der Waals surface area contributed by atoms with Crippen molar-refractivity contribution >= 4 is 58.2 Å². The van der Waals surface area contributed by atoms with Crippen LogP contribution in [0.3, 0.4) is 0 Å². The van der Waals surface area contributed by atoms with Crippen LogP contribution in [0.15, 0.2) is 54.6 Å². The topological polar surface area (TPSA) is 63.2 Å². The normalized spacial score (nSPS) is 18.1. The van der Waals surface area contributed by atoms with Gasteiger partial charge in [0.05, 0.1) is 15.6 Å². The summed E-state index contributed by atoms with van der Waals surface area (Å²) in [5.74, 6) is 1.29. The number of hydrogen-bond acceptors (Lipinski definition) is 4. The minimum Gasteiger partial charge on any atom is -0.484 e. The molecule has 2 aromatic carbocycles. The highest BCUT2D eigenvalue weighted by Crippen LogP contribution is 2.26. The molecule has 1 aliphatic rings. The number of aromatic nitrogens is 1. The molecule has 0 spiro atoms. The molecule has 1 aliphatic carbocycles. The molecule has 31 heavy (non-hydrogen) atoms. The van der Waals surface area contributed by atoms with Gasteiger partial charge in [-0.25, -0.2) is 4.98 Å². The maximum atomic E-state index is 12.2. The lowest BCUT2D eigenvalue weighted by molar-refractivity contribution is -0.124. The molecule has 1 fully saturated rings. The van der Waals surface area contributed by atoms with E-state index < -0.39 is 0 Å². The van der Waals surface area contributed by atoms with E-state index in [4.69, 9.17) is 27.9 Å². The van der Waals surface area contributed by atoms with E-state index in [1.54, 1.807) is 18.2 Å². The lowest BCUT2D eigenvalue weighted by Crippen LogP contribution is -2.42. The number of rotatable bonds is 6. The van der Waals surface area contributed by atoms with E-state index in [1.165, 1.54) is 0 Å². The van der Waals surface area contributed by atoms with E-state index in [1.807, 2.05) is 24.3 Å². The van der Waals surface area contributed by atoms with Gasteiger partial charge in [-0.15, -0.1) is 12.4 Å². The second-order valence-corrected chi connectivity index (χ2v) is 8.33. The van der Waals surface area contributed by atoms with E-state index in [9.17, 15) is 4.79 Å². The van der Waals surface area contributed by atoms with Gasteiger partial charge >= 0.3 is 0 Å². The molecule has 4 rings (SSSR count). The summed E-state index contributed by atoms with van der Waals surface area (Å²) in [5.41, 5.74) is 0.991. The van der Waals surface area contributed by atoms with E-state index in [2.05, 4.69) is 27.8 Å². The minimum absolute atomic E-state index is 0. The van der Waals surface area contributed by atoms with E-state index >= 15 is 0 Å². The summed E-state index contributed by atoms with van der Waals surface area (Å²) >= 11 is 11.8. The lowest BCUT2D eigenvalue weighted by Gasteiger charge is -2.30. The Hall–Kier alpha value is -2.21. The number of halogens is 3. The second-order valence-electron chi connectivity index (χ2n) is 7.51. The Labute approximate surface area is 197 Å². The van der Waals surface area contributed by atoms with Crippen LogP contribution in [-0.2, 0) is 4.79 Å². The average molecular weight is 481 g/mol. The van der Waals surface area contributed by atoms with Crippen LogP contribution in [0.5, 0.6) is 5.75 Å². The molecule has 0 radical (unpaired) electrons. The van der Waals surface area contributed by atoms with Gasteiger partial charge in [0.1, 0.15) is 11.6 Å². The molecular weight excluding hydrogens is 457 g/mol. The van der Waals surface area contributed by atoms with Crippen LogP contribution in [-0.4, -0.2) is 29.6 Å². The van der Waals surface area contributed by atoms with Crippen molar-refractivity contribution in [2.45, 2.75) is 37.8 Å². The zero-order valence-electron chi connectivity index (χ0n) is 16.8. The van der Waals surface area contributed by atoms with Crippen molar-refractivity contribution in [1.82, 2.24) is 10.3 Å². The fourth-order valence-corrected chi connectivity index (χ4v) is 4.01. The Morgan fingerprint density at radius 2 is 1.71 bits per heavy atom. The van der Waals surface area contributed by atoms with Crippen LogP contribution in [0, 0.1) is 0 Å². The quantitative estimate of drug-likeness (QED) is 0.462. The number of nitrogens with one attached hydrogen (secondary N) is 2. The number of benzene rings is 2. The summed E-state index contributed by atoms with van der Waals surface area (Å²) in [5, 5.41) is 8.59. The predicted octanol–water partition coefficient (Wildman–Crippen LogP) is 5.88. The number of fused-ring (bicyclic) bond motifs is 1. The number of amides is 1. The van der Waals surface area contributed by atoms with Crippen LogP contribution in [0.1, 0.15) is 25.7 Å². The molecule has 0 atom stereocenters. The molecule has 0 bridgehead atoms. The van der Waals surface area contributed by atoms with Crippen molar-refractivity contribution < 1.29 is 9.53 Å². The standard InChI is InChI=1S/C23H23Cl2N3O2.ClH/c24-19-11-10-18(13-20(19)25)30-14-23(29)27-17-8-6-16(7-9-17)26-22-12-5-15-3-1-2-4-21(15)28-22;/h1-5,10-13,16-17H,6-9,14H2,(H,26,28)(H,27,29);1H/t16-,17+;. The Bertz CT molecular complexity index is 1040. The van der Waals surface area contributed by atoms with Crippen LogP contribution >= 0.6 is 35.6 Å². The molecule has 1 amide bonds. The van der Waals surface area contributed by atoms with Crippen LogP contribution in [0.25, 0.3) is 10.9 Å². The van der Waals surface area contributed by atoms with Gasteiger partial charge < -0.3 is 15.4 Å². The number of hydrogen-bond donors (Lipinski definition) is 2. The zero-order chi connectivity index (χ0) is 20.9. The molecular formula is C23H24Cl3N3O2. The monoisotopic (exact) mass is 479 g/mol. The second kappa shape index (κ2) is 10.9. The molecule has 1 aromatic heterocycles. The smallest absolute Gasteiger partial charge is 0.258 e. The molecule has 1 heterocycles. The first-order valence-corrected chi connectivity index (χ1v) is 10.8. The highest BCUT2D eigenvalue weighted by atomic mass is 35.5. The highest BCUT2D eigenvalue weighted by Gasteiger charge is 2.22. The third-order valence-electron chi connectivity index (χ3n) is 5.30. The molecule has 164 valence electrons. The first kappa shape index (κ1) is 23.5. The maximum absolute atomic E-state index is 12.2. The van der Waals surface area contributed by atoms with Crippen molar-refractivity contribution in [3.8, 4) is 5.75 Å². The van der Waals surface area contributed by atoms with E-state index in [0.29, 0.717) is 21.8 Å². The Morgan fingerprint density at radius 3 is 2.48 bits per heavy atom. The third kappa shape index (κ3) is 6.39. The molecule has 1 saturated carbocycles. The lowest BCUT2D eigenvalue weighted by atomic mass is 9.91. The van der Waals surface area contributed by atoms with Gasteiger partial charge in [0.15, 0.2) is 6.61 Å². The Balaban J connectivity index is 0.00000272. The fraction of sp³-hybridized carbons (Fsp3) is 0.304. The third-order valence-corrected chi connectivity index (χ3v) is 6.04. The van der Waals surface area contributed by atoms with Crippen LogP contribution in [0.2, 0.25) is 10.0 Å². The van der Waals surface area contributed by atoms with E-state index in [-0.39, 0.29) is 31.0 Å². The number of para-hydroxylation sites is 1. The Morgan fingerprint density at radius 1 is 0.968 bits per heavy atom. The number of carbonyl (C=O) groups is 1. The molecule has 0 aliphatic heterocycles. The first-order valence-electron chi connectivity index (χ1n) is 10.1. The van der Waals surface area contributed by atoms with Gasteiger partial charge in [0.25, 0.3) is 5.91 Å². The van der Waals surface area contributed by atoms with Crippen molar-refractivity contribution in [2.75, 3.05) is 11.9 Å². The summed E-state index contributed by atoms with van der Waals surface area (Å²) < 4.78 is 5.50. The van der Waals surface area contributed by atoms with Crippen LogP contribution < -0.4 is 15.4 Å². The Kier molecular flexibility index (Phi) is 8.24. The number of pyridine rings is 1. The number of nitrogens with zero attached hydrogens (tertiary/aromatic N) is 1. The molecule has 2 N–H and O–H groups in total. The van der Waals surface area contributed by atoms with Crippen LogP contribution in [0.4, 0.5) is 5.82 Å². The van der Waals surface area contributed by atoms with Gasteiger partial charge in [-0.05, 0) is 56.0 Å². The summed E-state index contributed by atoms with van der Waals surface area (Å²) in [6, 6.07) is 17.7. The predicted molar refractivity (Wildman–Crippen MR) is 129 cm³/mol. The molecule has 0 unspecified atom stereocenters. The molecule has 5 nitrogen and oxygen atoms in total. The van der Waals surface area contributed by atoms with Gasteiger partial charge in [-0.2, -0.15) is 0 Å². The number of carbonyl (C=O) groups excluding carboxylic acids is 1. The summed E-state index contributed by atoms with van der Waals surface area (Å²) in [6.45, 7) is -0.0445. The van der Waals surface area contributed by atoms with Crippen molar-refractivity contribution in [3.05, 3.63) is 64.6 Å². The highest BCUT2D eigenvalue weighted by molar-refractivity contribution is 6.42. The van der Waals surface area contributed by atoms with Gasteiger partial charge in [-0.1, -0.05) is 41.4 Å². The number of ether oxygens (including phenoxy) is 1. The number of anilines is 1. The summed E-state index contributed by atoms with van der Waals surface area (Å²) in [4.78, 5) is 16.9.